The van der Waals surface area contributed by atoms with Gasteiger partial charge in [-0.2, -0.15) is 13.2 Å². The Bertz CT molecular complexity index is 531. The second-order valence-electron chi connectivity index (χ2n) is 5.06. The highest BCUT2D eigenvalue weighted by Crippen LogP contribution is 2.34. The number of anilines is 1. The summed E-state index contributed by atoms with van der Waals surface area (Å²) < 4.78 is 38.1. The van der Waals surface area contributed by atoms with Gasteiger partial charge in [0.1, 0.15) is 0 Å². The molecule has 0 aliphatic carbocycles. The van der Waals surface area contributed by atoms with E-state index in [1.165, 1.54) is 6.07 Å². The lowest BCUT2D eigenvalue weighted by molar-refractivity contribution is -0.137. The quantitative estimate of drug-likeness (QED) is 0.901. The molecule has 1 aliphatic heterocycles. The van der Waals surface area contributed by atoms with Crippen molar-refractivity contribution in [3.05, 3.63) is 29.3 Å². The molecule has 1 aromatic rings. The van der Waals surface area contributed by atoms with E-state index in [2.05, 4.69) is 0 Å². The molecular formula is C14H16F3NO3. The fourth-order valence-electron chi connectivity index (χ4n) is 2.64. The van der Waals surface area contributed by atoms with Gasteiger partial charge in [-0.05, 0) is 37.5 Å². The summed E-state index contributed by atoms with van der Waals surface area (Å²) in [6, 6.07) is 2.46. The third-order valence-electron chi connectivity index (χ3n) is 3.70. The first-order valence-corrected chi connectivity index (χ1v) is 6.66. The zero-order valence-electron chi connectivity index (χ0n) is 11.2. The summed E-state index contributed by atoms with van der Waals surface area (Å²) in [7, 11) is 0. The molecule has 2 rings (SSSR count). The summed E-state index contributed by atoms with van der Waals surface area (Å²) in [4.78, 5) is 13.0. The highest BCUT2D eigenvalue weighted by molar-refractivity contribution is 5.95. The third-order valence-corrected chi connectivity index (χ3v) is 3.70. The van der Waals surface area contributed by atoms with Crippen LogP contribution >= 0.6 is 0 Å². The number of hydrogen-bond acceptors (Lipinski definition) is 3. The van der Waals surface area contributed by atoms with Gasteiger partial charge in [-0.25, -0.2) is 4.79 Å². The Labute approximate surface area is 119 Å². The van der Waals surface area contributed by atoms with Crippen LogP contribution in [0.2, 0.25) is 0 Å². The van der Waals surface area contributed by atoms with Crippen LogP contribution in [0.15, 0.2) is 18.2 Å². The van der Waals surface area contributed by atoms with E-state index in [4.69, 9.17) is 0 Å². The van der Waals surface area contributed by atoms with Crippen LogP contribution in [0.5, 0.6) is 0 Å². The van der Waals surface area contributed by atoms with Crippen LogP contribution < -0.4 is 4.90 Å². The number of alkyl halides is 3. The normalized spacial score (nSPS) is 19.6. The number of rotatable bonds is 3. The summed E-state index contributed by atoms with van der Waals surface area (Å²) >= 11 is 0. The molecule has 1 unspecified atom stereocenters. The monoisotopic (exact) mass is 303 g/mol. The van der Waals surface area contributed by atoms with Crippen LogP contribution in [0.1, 0.15) is 35.2 Å². The fourth-order valence-corrected chi connectivity index (χ4v) is 2.64. The molecule has 1 aliphatic rings. The molecule has 0 aromatic heterocycles. The molecule has 116 valence electrons. The molecule has 0 saturated carbocycles. The smallest absolute Gasteiger partial charge is 0.416 e. The van der Waals surface area contributed by atoms with Crippen LogP contribution in [0.4, 0.5) is 18.9 Å². The molecular weight excluding hydrogens is 287 g/mol. The van der Waals surface area contributed by atoms with Gasteiger partial charge in [0.15, 0.2) is 0 Å². The number of benzene rings is 1. The SMILES string of the molecule is O=C(O)c1cc(C(F)(F)F)ccc1N1CCCCC1CO. The number of carbonyl (C=O) groups is 1. The van der Waals surface area contributed by atoms with Crippen molar-refractivity contribution in [2.75, 3.05) is 18.1 Å². The molecule has 1 fully saturated rings. The van der Waals surface area contributed by atoms with E-state index in [-0.39, 0.29) is 23.9 Å². The van der Waals surface area contributed by atoms with Crippen LogP contribution in [0.3, 0.4) is 0 Å². The number of aliphatic hydroxyl groups is 1. The average Bonchev–Trinajstić information content (AvgIpc) is 2.45. The molecule has 2 N–H and O–H groups in total. The summed E-state index contributed by atoms with van der Waals surface area (Å²) in [6.45, 7) is 0.372. The average molecular weight is 303 g/mol. The van der Waals surface area contributed by atoms with E-state index in [9.17, 15) is 28.2 Å². The van der Waals surface area contributed by atoms with E-state index in [1.807, 2.05) is 0 Å². The molecule has 0 radical (unpaired) electrons. The van der Waals surface area contributed by atoms with Crippen LogP contribution in [0, 0.1) is 0 Å². The molecule has 0 amide bonds. The van der Waals surface area contributed by atoms with Crippen molar-refractivity contribution in [2.45, 2.75) is 31.5 Å². The van der Waals surface area contributed by atoms with Gasteiger partial charge < -0.3 is 15.1 Å². The maximum absolute atomic E-state index is 12.7. The minimum Gasteiger partial charge on any atom is -0.478 e. The van der Waals surface area contributed by atoms with Crippen molar-refractivity contribution >= 4 is 11.7 Å². The fraction of sp³-hybridized carbons (Fsp3) is 0.500. The number of carboxylic acid groups (broad SMARTS) is 1. The van der Waals surface area contributed by atoms with Gasteiger partial charge in [0.05, 0.1) is 29.5 Å². The van der Waals surface area contributed by atoms with E-state index >= 15 is 0 Å². The van der Waals surface area contributed by atoms with Gasteiger partial charge in [-0.1, -0.05) is 0 Å². The van der Waals surface area contributed by atoms with Gasteiger partial charge in [-0.15, -0.1) is 0 Å². The van der Waals surface area contributed by atoms with Gasteiger partial charge >= 0.3 is 12.1 Å². The second-order valence-corrected chi connectivity index (χ2v) is 5.06. The molecule has 0 bridgehead atoms. The summed E-state index contributed by atoms with van der Waals surface area (Å²) in [5, 5.41) is 18.6. The van der Waals surface area contributed by atoms with Gasteiger partial charge in [0, 0.05) is 6.54 Å². The Morgan fingerprint density at radius 1 is 1.33 bits per heavy atom. The number of piperidine rings is 1. The van der Waals surface area contributed by atoms with E-state index in [1.54, 1.807) is 4.90 Å². The lowest BCUT2D eigenvalue weighted by atomic mass is 9.99. The molecule has 0 spiro atoms. The highest BCUT2D eigenvalue weighted by atomic mass is 19.4. The number of aromatic carboxylic acids is 1. The molecule has 1 heterocycles. The minimum atomic E-state index is -4.58. The van der Waals surface area contributed by atoms with Crippen molar-refractivity contribution in [1.29, 1.82) is 0 Å². The Morgan fingerprint density at radius 2 is 2.05 bits per heavy atom. The molecule has 7 heteroatoms. The van der Waals surface area contributed by atoms with Crippen molar-refractivity contribution in [1.82, 2.24) is 0 Å². The Morgan fingerprint density at radius 3 is 2.62 bits per heavy atom. The van der Waals surface area contributed by atoms with Crippen molar-refractivity contribution in [2.24, 2.45) is 0 Å². The van der Waals surface area contributed by atoms with Gasteiger partial charge in [0.25, 0.3) is 0 Å². The molecule has 1 atom stereocenters. The van der Waals surface area contributed by atoms with Gasteiger partial charge in [0.2, 0.25) is 0 Å². The maximum Gasteiger partial charge on any atom is 0.416 e. The van der Waals surface area contributed by atoms with Gasteiger partial charge in [-0.3, -0.25) is 0 Å². The van der Waals surface area contributed by atoms with Crippen molar-refractivity contribution in [3.8, 4) is 0 Å². The van der Waals surface area contributed by atoms with Crippen molar-refractivity contribution in [3.63, 3.8) is 0 Å². The number of nitrogens with zero attached hydrogens (tertiary/aromatic N) is 1. The molecule has 1 saturated heterocycles. The highest BCUT2D eigenvalue weighted by Gasteiger charge is 2.33. The summed E-state index contributed by atoms with van der Waals surface area (Å²) in [5.74, 6) is -1.40. The first-order chi connectivity index (χ1) is 9.84. The number of aliphatic hydroxyl groups excluding tert-OH is 1. The van der Waals surface area contributed by atoms with Crippen molar-refractivity contribution < 1.29 is 28.2 Å². The first-order valence-electron chi connectivity index (χ1n) is 6.66. The Balaban J connectivity index is 2.45. The lowest BCUT2D eigenvalue weighted by Gasteiger charge is -2.37. The zero-order valence-corrected chi connectivity index (χ0v) is 11.2. The van der Waals surface area contributed by atoms with E-state index < -0.39 is 17.7 Å². The Hall–Kier alpha value is -1.76. The molecule has 21 heavy (non-hydrogen) atoms. The maximum atomic E-state index is 12.7. The lowest BCUT2D eigenvalue weighted by Crippen LogP contribution is -2.42. The van der Waals surface area contributed by atoms with Crippen LogP contribution in [0.25, 0.3) is 0 Å². The number of halogens is 3. The number of hydrogen-bond donors (Lipinski definition) is 2. The predicted octanol–water partition coefficient (Wildman–Crippen LogP) is 2.75. The largest absolute Gasteiger partial charge is 0.478 e. The number of carboxylic acids is 1. The van der Waals surface area contributed by atoms with Crippen LogP contribution in [-0.4, -0.2) is 35.4 Å². The predicted molar refractivity (Wildman–Crippen MR) is 70.5 cm³/mol. The topological polar surface area (TPSA) is 60.8 Å². The van der Waals surface area contributed by atoms with E-state index in [0.29, 0.717) is 19.0 Å². The molecule has 4 nitrogen and oxygen atoms in total. The molecule has 1 aromatic carbocycles. The van der Waals surface area contributed by atoms with E-state index in [0.717, 1.165) is 18.9 Å². The minimum absolute atomic E-state index is 0.153. The van der Waals surface area contributed by atoms with Crippen LogP contribution in [-0.2, 0) is 6.18 Å². The Kier molecular flexibility index (Phi) is 4.41. The third kappa shape index (κ3) is 3.29. The second kappa shape index (κ2) is 5.93. The summed E-state index contributed by atoms with van der Waals surface area (Å²) in [5.41, 5.74) is -1.14. The zero-order chi connectivity index (χ0) is 15.6. The first kappa shape index (κ1) is 15.6. The summed E-state index contributed by atoms with van der Waals surface area (Å²) in [6.07, 6.45) is -2.17. The standard InChI is InChI=1S/C14H16F3NO3/c15-14(16,17)9-4-5-12(11(7-9)13(20)21)18-6-2-1-3-10(18)8-19/h4-5,7,10,19H,1-3,6,8H2,(H,20,21).